The minimum Gasteiger partial charge on any atom is -0.292 e. The molecule has 0 spiro atoms. The van der Waals surface area contributed by atoms with Crippen LogP contribution < -0.4 is 0 Å². The monoisotopic (exact) mass is 187 g/mol. The predicted molar refractivity (Wildman–Crippen MR) is 54.6 cm³/mol. The molecule has 1 heterocycles. The van der Waals surface area contributed by atoms with Gasteiger partial charge in [0.05, 0.1) is 0 Å². The molecule has 0 aromatic carbocycles. The highest BCUT2D eigenvalue weighted by atomic mass is 19.1. The van der Waals surface area contributed by atoms with Gasteiger partial charge in [-0.05, 0) is 33.1 Å². The Hall–Kier alpha value is -0.110. The van der Waals surface area contributed by atoms with E-state index in [1.165, 1.54) is 0 Å². The Morgan fingerprint density at radius 2 is 1.85 bits per heavy atom. The summed E-state index contributed by atoms with van der Waals surface area (Å²) in [6, 6.07) is 0.452. The number of halogens is 1. The Balaban J connectivity index is 2.82. The third-order valence-electron chi connectivity index (χ3n) is 3.55. The summed E-state index contributed by atoms with van der Waals surface area (Å²) in [4.78, 5) is 2.31. The van der Waals surface area contributed by atoms with Crippen LogP contribution in [0.2, 0.25) is 0 Å². The van der Waals surface area contributed by atoms with Crippen molar-refractivity contribution in [3.8, 4) is 0 Å². The fourth-order valence-corrected chi connectivity index (χ4v) is 2.42. The minimum absolute atomic E-state index is 0.0631. The maximum absolute atomic E-state index is 13.3. The first-order chi connectivity index (χ1) is 5.88. The van der Waals surface area contributed by atoms with Crippen molar-refractivity contribution >= 4 is 0 Å². The highest BCUT2D eigenvalue weighted by Crippen LogP contribution is 2.38. The summed E-state index contributed by atoms with van der Waals surface area (Å²) in [6.45, 7) is 11.5. The zero-order chi connectivity index (χ0) is 10.2. The average molecular weight is 187 g/mol. The lowest BCUT2D eigenvalue weighted by Crippen LogP contribution is -2.48. The van der Waals surface area contributed by atoms with Crippen molar-refractivity contribution in [3.05, 3.63) is 0 Å². The molecule has 78 valence electrons. The van der Waals surface area contributed by atoms with Gasteiger partial charge in [0, 0.05) is 18.1 Å². The Bertz CT molecular complexity index is 179. The molecule has 1 fully saturated rings. The normalized spacial score (nSPS) is 36.5. The van der Waals surface area contributed by atoms with Gasteiger partial charge < -0.3 is 0 Å². The highest BCUT2D eigenvalue weighted by molar-refractivity contribution is 4.99. The molecule has 1 aliphatic heterocycles. The number of hydrogen-bond acceptors (Lipinski definition) is 1. The lowest BCUT2D eigenvalue weighted by molar-refractivity contribution is 0.0753. The third-order valence-corrected chi connectivity index (χ3v) is 3.55. The molecule has 0 radical (unpaired) electrons. The SMILES string of the molecule is CC(C)N1CC(F)CC1(C)C(C)C. The molecule has 0 saturated carbocycles. The molecule has 2 atom stereocenters. The van der Waals surface area contributed by atoms with Crippen molar-refractivity contribution in [1.29, 1.82) is 0 Å². The molecule has 13 heavy (non-hydrogen) atoms. The first-order valence-corrected chi connectivity index (χ1v) is 5.28. The average Bonchev–Trinajstić information content (AvgIpc) is 2.27. The molecule has 0 aromatic heterocycles. The van der Waals surface area contributed by atoms with Crippen molar-refractivity contribution in [2.24, 2.45) is 5.92 Å². The lowest BCUT2D eigenvalue weighted by Gasteiger charge is -2.41. The molecule has 0 aromatic rings. The summed E-state index contributed by atoms with van der Waals surface area (Å²) in [5.74, 6) is 0.524. The van der Waals surface area contributed by atoms with E-state index < -0.39 is 6.17 Å². The zero-order valence-corrected chi connectivity index (χ0v) is 9.47. The predicted octanol–water partition coefficient (Wildman–Crippen LogP) is 2.85. The van der Waals surface area contributed by atoms with Crippen molar-refractivity contribution in [2.75, 3.05) is 6.54 Å². The fraction of sp³-hybridized carbons (Fsp3) is 1.00. The van der Waals surface area contributed by atoms with E-state index in [1.807, 2.05) is 0 Å². The van der Waals surface area contributed by atoms with Gasteiger partial charge in [-0.25, -0.2) is 4.39 Å². The Kier molecular flexibility index (Phi) is 3.01. The van der Waals surface area contributed by atoms with Gasteiger partial charge in [-0.15, -0.1) is 0 Å². The molecule has 0 aliphatic carbocycles. The van der Waals surface area contributed by atoms with Gasteiger partial charge in [0.2, 0.25) is 0 Å². The number of rotatable bonds is 2. The van der Waals surface area contributed by atoms with Crippen molar-refractivity contribution in [3.63, 3.8) is 0 Å². The highest BCUT2D eigenvalue weighted by Gasteiger charge is 2.45. The summed E-state index contributed by atoms with van der Waals surface area (Å²) in [7, 11) is 0. The molecule has 1 aliphatic rings. The first-order valence-electron chi connectivity index (χ1n) is 5.28. The van der Waals surface area contributed by atoms with Crippen LogP contribution in [-0.2, 0) is 0 Å². The number of hydrogen-bond donors (Lipinski definition) is 0. The summed E-state index contributed by atoms with van der Waals surface area (Å²) >= 11 is 0. The summed E-state index contributed by atoms with van der Waals surface area (Å²) in [6.07, 6.45) is 0.0675. The van der Waals surface area contributed by atoms with Gasteiger partial charge in [-0.3, -0.25) is 4.90 Å². The summed E-state index contributed by atoms with van der Waals surface area (Å²) in [5.41, 5.74) is 0.0631. The number of nitrogens with zero attached hydrogens (tertiary/aromatic N) is 1. The van der Waals surface area contributed by atoms with E-state index in [0.29, 0.717) is 24.9 Å². The topological polar surface area (TPSA) is 3.24 Å². The van der Waals surface area contributed by atoms with E-state index in [2.05, 4.69) is 39.5 Å². The standard InChI is InChI=1S/C11H22FN/c1-8(2)11(5)6-10(12)7-13(11)9(3)4/h8-10H,6-7H2,1-5H3. The quantitative estimate of drug-likeness (QED) is 0.642. The second-order valence-electron chi connectivity index (χ2n) is 5.06. The smallest absolute Gasteiger partial charge is 0.115 e. The van der Waals surface area contributed by atoms with E-state index >= 15 is 0 Å². The Labute approximate surface area is 81.3 Å². The van der Waals surface area contributed by atoms with Gasteiger partial charge >= 0.3 is 0 Å². The van der Waals surface area contributed by atoms with Gasteiger partial charge in [0.1, 0.15) is 6.17 Å². The number of alkyl halides is 1. The largest absolute Gasteiger partial charge is 0.292 e. The molecule has 1 nitrogen and oxygen atoms in total. The maximum atomic E-state index is 13.3. The second kappa shape index (κ2) is 3.56. The minimum atomic E-state index is -0.630. The van der Waals surface area contributed by atoms with Crippen LogP contribution in [0.4, 0.5) is 4.39 Å². The van der Waals surface area contributed by atoms with Crippen molar-refractivity contribution < 1.29 is 4.39 Å². The Morgan fingerprint density at radius 3 is 2.15 bits per heavy atom. The molecule has 1 rings (SSSR count). The molecule has 0 bridgehead atoms. The first kappa shape index (κ1) is 11.0. The van der Waals surface area contributed by atoms with E-state index in [1.54, 1.807) is 0 Å². The summed E-state index contributed by atoms with van der Waals surface area (Å²) < 4.78 is 13.3. The number of likely N-dealkylation sites (tertiary alicyclic amines) is 1. The van der Waals surface area contributed by atoms with Crippen LogP contribution in [0.5, 0.6) is 0 Å². The molecular weight excluding hydrogens is 165 g/mol. The molecule has 0 amide bonds. The van der Waals surface area contributed by atoms with Crippen LogP contribution in [0.15, 0.2) is 0 Å². The van der Waals surface area contributed by atoms with Crippen LogP contribution in [0, 0.1) is 5.92 Å². The van der Waals surface area contributed by atoms with Gasteiger partial charge in [-0.1, -0.05) is 13.8 Å². The molecule has 1 saturated heterocycles. The van der Waals surface area contributed by atoms with Crippen LogP contribution in [-0.4, -0.2) is 29.2 Å². The van der Waals surface area contributed by atoms with Crippen LogP contribution in [0.3, 0.4) is 0 Å². The Morgan fingerprint density at radius 1 is 1.31 bits per heavy atom. The van der Waals surface area contributed by atoms with Crippen molar-refractivity contribution in [1.82, 2.24) is 4.90 Å². The molecule has 0 N–H and O–H groups in total. The second-order valence-corrected chi connectivity index (χ2v) is 5.06. The fourth-order valence-electron chi connectivity index (χ4n) is 2.42. The van der Waals surface area contributed by atoms with E-state index in [9.17, 15) is 4.39 Å². The molecule has 2 heteroatoms. The zero-order valence-electron chi connectivity index (χ0n) is 9.47. The van der Waals surface area contributed by atoms with E-state index in [0.717, 1.165) is 0 Å². The van der Waals surface area contributed by atoms with Gasteiger partial charge in [0.25, 0.3) is 0 Å². The van der Waals surface area contributed by atoms with Crippen LogP contribution in [0.1, 0.15) is 41.0 Å². The van der Waals surface area contributed by atoms with Crippen molar-refractivity contribution in [2.45, 2.75) is 58.8 Å². The molecular formula is C11H22FN. The maximum Gasteiger partial charge on any atom is 0.115 e. The van der Waals surface area contributed by atoms with E-state index in [4.69, 9.17) is 0 Å². The molecule has 2 unspecified atom stereocenters. The van der Waals surface area contributed by atoms with Gasteiger partial charge in [-0.2, -0.15) is 0 Å². The van der Waals surface area contributed by atoms with Crippen LogP contribution in [0.25, 0.3) is 0 Å². The third kappa shape index (κ3) is 1.88. The lowest BCUT2D eigenvalue weighted by atomic mass is 9.85. The summed E-state index contributed by atoms with van der Waals surface area (Å²) in [5, 5.41) is 0. The van der Waals surface area contributed by atoms with Crippen LogP contribution >= 0.6 is 0 Å². The van der Waals surface area contributed by atoms with Gasteiger partial charge in [0.15, 0.2) is 0 Å². The van der Waals surface area contributed by atoms with E-state index in [-0.39, 0.29) is 5.54 Å².